The van der Waals surface area contributed by atoms with E-state index in [-0.39, 0.29) is 25.4 Å². The predicted molar refractivity (Wildman–Crippen MR) is 81.6 cm³/mol. The van der Waals surface area contributed by atoms with Crippen LogP contribution in [0, 0.1) is 12.3 Å². The molecule has 23 heavy (non-hydrogen) atoms. The average Bonchev–Trinajstić information content (AvgIpc) is 2.55. The molecular weight excluding hydrogens is 377 g/mol. The van der Waals surface area contributed by atoms with E-state index in [0.29, 0.717) is 10.8 Å². The molecule has 0 spiro atoms. The molecule has 0 fully saturated rings. The summed E-state index contributed by atoms with van der Waals surface area (Å²) < 4.78 is 6.90. The van der Waals surface area contributed by atoms with Crippen molar-refractivity contribution in [2.24, 2.45) is 0 Å². The quantitative estimate of drug-likeness (QED) is 0.273. The fourth-order valence-electron chi connectivity index (χ4n) is 1.86. The molecule has 0 aromatic heterocycles. The number of hydrogen-bond donors (Lipinski definition) is 2. The van der Waals surface area contributed by atoms with Crippen LogP contribution in [0.3, 0.4) is 0 Å². The summed E-state index contributed by atoms with van der Waals surface area (Å²) in [5, 5.41) is 13.2. The monoisotopic (exact) mass is 395 g/mol. The number of nitrogens with one attached hydrogen (secondary N) is 1. The number of amides is 1. The van der Waals surface area contributed by atoms with E-state index in [1.54, 1.807) is 28.6 Å². The molecule has 0 aliphatic heterocycles. The molecule has 7 heteroatoms. The summed E-state index contributed by atoms with van der Waals surface area (Å²) in [7, 11) is 0. The number of ether oxygens (including phenoxy) is 1. The average molecular weight is 395 g/mol. The van der Waals surface area contributed by atoms with E-state index in [1.165, 1.54) is 27.5 Å². The standard InChI is InChI=1S/C16H18N2O4.Nb/c1-4-9-22-14-7-5-13(6-8-14)10-15(12(2)19)18(21)16(20)11-17-3;/h1,3,5-8,15,17,21H,9-11H2,2H3;/t15-;/m0./s1. The molecule has 0 saturated carbocycles. The summed E-state index contributed by atoms with van der Waals surface area (Å²) >= 11 is 1.39. The van der Waals surface area contributed by atoms with Crippen LogP contribution in [0.5, 0.6) is 5.75 Å². The van der Waals surface area contributed by atoms with Gasteiger partial charge in [0.15, 0.2) is 0 Å². The summed E-state index contributed by atoms with van der Waals surface area (Å²) in [6, 6.07) is 6.05. The molecule has 0 radical (unpaired) electrons. The molecule has 1 aromatic carbocycles. The van der Waals surface area contributed by atoms with Gasteiger partial charge in [-0.1, -0.05) is 5.92 Å². The van der Waals surface area contributed by atoms with Gasteiger partial charge in [0.25, 0.3) is 0 Å². The van der Waals surface area contributed by atoms with E-state index in [0.717, 1.165) is 5.56 Å². The molecule has 0 saturated heterocycles. The Morgan fingerprint density at radius 1 is 1.48 bits per heavy atom. The van der Waals surface area contributed by atoms with Gasteiger partial charge in [0.1, 0.15) is 6.61 Å². The Labute approximate surface area is 147 Å². The Bertz CT molecular complexity index is 595. The zero-order chi connectivity index (χ0) is 17.2. The second kappa shape index (κ2) is 10.1. The van der Waals surface area contributed by atoms with Crippen LogP contribution in [-0.4, -0.2) is 45.5 Å². The van der Waals surface area contributed by atoms with Gasteiger partial charge in [0.05, 0.1) is 0 Å². The molecule has 0 heterocycles. The van der Waals surface area contributed by atoms with Crippen LogP contribution >= 0.6 is 0 Å². The van der Waals surface area contributed by atoms with Gasteiger partial charge in [-0.2, -0.15) is 0 Å². The van der Waals surface area contributed by atoms with Crippen molar-refractivity contribution < 1.29 is 40.1 Å². The van der Waals surface area contributed by atoms with Crippen molar-refractivity contribution in [2.75, 3.05) is 13.2 Å². The molecule has 1 aromatic rings. The number of nitrogens with zero attached hydrogens (tertiary/aromatic N) is 1. The topological polar surface area (TPSA) is 78.9 Å². The van der Waals surface area contributed by atoms with E-state index >= 15 is 0 Å². The molecule has 6 nitrogen and oxygen atoms in total. The van der Waals surface area contributed by atoms with E-state index in [1.807, 2.05) is 0 Å². The zero-order valence-corrected chi connectivity index (χ0v) is 14.9. The number of terminal acetylenes is 1. The van der Waals surface area contributed by atoms with Gasteiger partial charge in [0.2, 0.25) is 0 Å². The Morgan fingerprint density at radius 2 is 2.13 bits per heavy atom. The van der Waals surface area contributed by atoms with Gasteiger partial charge in [-0.3, -0.25) is 0 Å². The van der Waals surface area contributed by atoms with Gasteiger partial charge in [0, 0.05) is 0 Å². The number of hydrogen-bond acceptors (Lipinski definition) is 5. The Hall–Kier alpha value is -1.75. The fraction of sp³-hybridized carbons (Fsp3) is 0.312. The number of Topliss-reactive ketones (excluding diaryl/α,β-unsaturated/α-hetero) is 1. The fourth-order valence-corrected chi connectivity index (χ4v) is 2.08. The Kier molecular flexibility index (Phi) is 8.48. The maximum absolute atomic E-state index is 11.8. The number of carbonyl (C=O) groups is 2. The molecule has 0 aliphatic carbocycles. The first-order valence-corrected chi connectivity index (χ1v) is 8.12. The minimum absolute atomic E-state index is 0.0613. The summed E-state index contributed by atoms with van der Waals surface area (Å²) in [6.45, 7) is 1.46. The number of rotatable bonds is 9. The first kappa shape index (κ1) is 19.3. The van der Waals surface area contributed by atoms with Gasteiger partial charge in [-0.15, -0.1) is 6.42 Å². The van der Waals surface area contributed by atoms with Crippen molar-refractivity contribution in [3.05, 3.63) is 29.8 Å². The molecular formula is C16H18N2NbO4. The summed E-state index contributed by atoms with van der Waals surface area (Å²) in [5.41, 5.74) is 0.794. The van der Waals surface area contributed by atoms with Gasteiger partial charge in [-0.25, -0.2) is 0 Å². The summed E-state index contributed by atoms with van der Waals surface area (Å²) in [4.78, 5) is 23.6. The number of ketones is 1. The van der Waals surface area contributed by atoms with E-state index in [4.69, 9.17) is 11.2 Å². The van der Waals surface area contributed by atoms with Crippen molar-refractivity contribution >= 4 is 16.0 Å². The SMILES string of the molecule is C#CCOc1ccc(C[C@@H](C(C)=O)N(O)C(=O)CN[CH]=[Nb])cc1. The van der Waals surface area contributed by atoms with E-state index in [9.17, 15) is 14.8 Å². The van der Waals surface area contributed by atoms with Crippen molar-refractivity contribution in [3.63, 3.8) is 0 Å². The molecule has 121 valence electrons. The molecule has 0 unspecified atom stereocenters. The van der Waals surface area contributed by atoms with Crippen molar-refractivity contribution in [3.8, 4) is 18.1 Å². The summed E-state index contributed by atoms with van der Waals surface area (Å²) in [6.07, 6.45) is 5.33. The first-order chi connectivity index (χ1) is 11.0. The van der Waals surface area contributed by atoms with Crippen molar-refractivity contribution in [1.29, 1.82) is 0 Å². The van der Waals surface area contributed by atoms with Crippen LogP contribution in [0.4, 0.5) is 0 Å². The maximum atomic E-state index is 11.8. The second-order valence-corrected chi connectivity index (χ2v) is 5.35. The second-order valence-electron chi connectivity index (χ2n) is 4.72. The third kappa shape index (κ3) is 6.48. The van der Waals surface area contributed by atoms with Crippen molar-refractivity contribution in [2.45, 2.75) is 19.4 Å². The van der Waals surface area contributed by atoms with Gasteiger partial charge in [-0.05, 0) is 0 Å². The van der Waals surface area contributed by atoms with E-state index < -0.39 is 11.9 Å². The van der Waals surface area contributed by atoms with Crippen LogP contribution in [0.2, 0.25) is 0 Å². The molecule has 1 amide bonds. The minimum atomic E-state index is -0.928. The zero-order valence-electron chi connectivity index (χ0n) is 12.7. The molecule has 2 N–H and O–H groups in total. The predicted octanol–water partition coefficient (Wildman–Crippen LogP) is 0.313. The molecule has 1 rings (SSSR count). The number of hydroxylamine groups is 2. The molecule has 0 aliphatic rings. The Morgan fingerprint density at radius 3 is 2.65 bits per heavy atom. The van der Waals surface area contributed by atoms with E-state index in [2.05, 4.69) is 11.2 Å². The van der Waals surface area contributed by atoms with Gasteiger partial charge >= 0.3 is 128 Å². The Balaban J connectivity index is 2.75. The van der Waals surface area contributed by atoms with Crippen LogP contribution in [0.15, 0.2) is 24.3 Å². The molecule has 0 bridgehead atoms. The van der Waals surface area contributed by atoms with Crippen LogP contribution in [-0.2, 0) is 36.6 Å². The first-order valence-electron chi connectivity index (χ1n) is 6.85. The van der Waals surface area contributed by atoms with Crippen LogP contribution < -0.4 is 10.1 Å². The van der Waals surface area contributed by atoms with Crippen molar-refractivity contribution in [1.82, 2.24) is 10.4 Å². The van der Waals surface area contributed by atoms with Gasteiger partial charge < -0.3 is 0 Å². The molecule has 1 atom stereocenters. The van der Waals surface area contributed by atoms with Crippen LogP contribution in [0.25, 0.3) is 0 Å². The normalized spacial score (nSPS) is 11.1. The summed E-state index contributed by atoms with van der Waals surface area (Å²) in [5.74, 6) is 2.13. The third-order valence-electron chi connectivity index (χ3n) is 3.04. The number of benzene rings is 1. The third-order valence-corrected chi connectivity index (χ3v) is 3.49. The number of carbonyl (C=O) groups excluding carboxylic acids is 2. The van der Waals surface area contributed by atoms with Crippen LogP contribution in [0.1, 0.15) is 12.5 Å².